The fourth-order valence-corrected chi connectivity index (χ4v) is 3.60. The monoisotopic (exact) mass is 445 g/mol. The molecule has 7 nitrogen and oxygen atoms in total. The predicted octanol–water partition coefficient (Wildman–Crippen LogP) is 3.29. The van der Waals surface area contributed by atoms with E-state index in [0.717, 1.165) is 35.5 Å². The summed E-state index contributed by atoms with van der Waals surface area (Å²) in [5, 5.41) is 5.26. The van der Waals surface area contributed by atoms with E-state index in [1.165, 1.54) is 6.07 Å². The van der Waals surface area contributed by atoms with Crippen molar-refractivity contribution in [2.24, 2.45) is 5.92 Å². The Bertz CT molecular complexity index is 1090. The first-order valence-electron chi connectivity index (χ1n) is 10.2. The van der Waals surface area contributed by atoms with Crippen LogP contribution >= 0.6 is 0 Å². The maximum atomic E-state index is 12.5. The van der Waals surface area contributed by atoms with Gasteiger partial charge in [0.05, 0.1) is 11.0 Å². The number of benzene rings is 1. The van der Waals surface area contributed by atoms with Crippen LogP contribution in [-0.2, 0) is 22.3 Å². The zero-order chi connectivity index (χ0) is 22.9. The molecule has 10 heteroatoms. The minimum absolute atomic E-state index is 0.0148. The van der Waals surface area contributed by atoms with Gasteiger partial charge in [-0.3, -0.25) is 14.6 Å². The lowest BCUT2D eigenvalue weighted by molar-refractivity contribution is -0.141. The minimum atomic E-state index is -4.51. The second kappa shape index (κ2) is 8.60. The average molecular weight is 445 g/mol. The topological polar surface area (TPSA) is 99.8 Å². The number of carbonyl (C=O) groups excluding carboxylic acids is 2. The van der Waals surface area contributed by atoms with E-state index in [2.05, 4.69) is 25.6 Å². The molecule has 4 rings (SSSR count). The number of pyridine rings is 1. The van der Waals surface area contributed by atoms with Gasteiger partial charge in [-0.2, -0.15) is 13.2 Å². The third-order valence-corrected chi connectivity index (χ3v) is 5.48. The average Bonchev–Trinajstić information content (AvgIpc) is 3.37. The number of imidazole rings is 1. The molecule has 32 heavy (non-hydrogen) atoms. The number of alkyl halides is 3. The number of nitrogens with zero attached hydrogens (tertiary/aromatic N) is 2. The Morgan fingerprint density at radius 2 is 2.00 bits per heavy atom. The normalized spacial score (nSPS) is 18.9. The van der Waals surface area contributed by atoms with Crippen molar-refractivity contribution in [1.29, 1.82) is 0 Å². The number of nitrogens with one attached hydrogen (secondary N) is 3. The molecule has 1 aromatic carbocycles. The van der Waals surface area contributed by atoms with Gasteiger partial charge in [-0.05, 0) is 43.0 Å². The fourth-order valence-electron chi connectivity index (χ4n) is 3.60. The van der Waals surface area contributed by atoms with Crippen LogP contribution in [0.4, 0.5) is 13.2 Å². The molecule has 2 aromatic heterocycles. The van der Waals surface area contributed by atoms with Gasteiger partial charge in [0.1, 0.15) is 17.6 Å². The molecule has 0 radical (unpaired) electrons. The molecule has 0 spiro atoms. The number of aromatic nitrogens is 3. The number of aromatic amines is 1. The number of fused-ring (bicyclic) bond motifs is 1. The van der Waals surface area contributed by atoms with Crippen molar-refractivity contribution in [3.05, 3.63) is 59.7 Å². The Hall–Kier alpha value is -3.43. The third-order valence-electron chi connectivity index (χ3n) is 5.48. The quantitative estimate of drug-likeness (QED) is 0.520. The Labute approximate surface area is 181 Å². The summed E-state index contributed by atoms with van der Waals surface area (Å²) >= 11 is 0. The van der Waals surface area contributed by atoms with Gasteiger partial charge in [0.2, 0.25) is 11.8 Å². The first-order chi connectivity index (χ1) is 15.2. The maximum absolute atomic E-state index is 12.5. The number of amides is 2. The van der Waals surface area contributed by atoms with Crippen molar-refractivity contribution in [2.45, 2.75) is 44.4 Å². The van der Waals surface area contributed by atoms with E-state index in [9.17, 15) is 22.8 Å². The van der Waals surface area contributed by atoms with Crippen molar-refractivity contribution >= 4 is 22.8 Å². The number of rotatable bonds is 7. The number of hydrogen-bond donors (Lipinski definition) is 3. The molecule has 0 bridgehead atoms. The Kier molecular flexibility index (Phi) is 5.86. The van der Waals surface area contributed by atoms with E-state index in [4.69, 9.17) is 0 Å². The third kappa shape index (κ3) is 5.06. The maximum Gasteiger partial charge on any atom is 0.433 e. The van der Waals surface area contributed by atoms with Crippen molar-refractivity contribution in [3.63, 3.8) is 0 Å². The lowest BCUT2D eigenvalue weighted by atomic mass is 10.2. The van der Waals surface area contributed by atoms with E-state index in [1.54, 1.807) is 6.92 Å². The molecule has 3 atom stereocenters. The number of carbonyl (C=O) groups is 2. The smallest absolute Gasteiger partial charge is 0.350 e. The molecule has 0 aliphatic heterocycles. The number of para-hydroxylation sites is 2. The molecule has 2 amide bonds. The predicted molar refractivity (Wildman–Crippen MR) is 110 cm³/mol. The van der Waals surface area contributed by atoms with Crippen molar-refractivity contribution in [3.8, 4) is 0 Å². The second-order valence-electron chi connectivity index (χ2n) is 8.00. The highest BCUT2D eigenvalue weighted by molar-refractivity contribution is 5.87. The molecule has 2 heterocycles. The number of hydrogen-bond acceptors (Lipinski definition) is 4. The second-order valence-corrected chi connectivity index (χ2v) is 8.00. The van der Waals surface area contributed by atoms with Crippen LogP contribution in [0.3, 0.4) is 0 Å². The molecule has 1 aliphatic carbocycles. The van der Waals surface area contributed by atoms with E-state index in [1.807, 2.05) is 24.3 Å². The molecular formula is C22H22F3N5O2. The van der Waals surface area contributed by atoms with Crippen LogP contribution in [0.15, 0.2) is 42.6 Å². The lowest BCUT2D eigenvalue weighted by Crippen LogP contribution is -2.44. The number of H-pyrrole nitrogens is 1. The molecule has 0 saturated heterocycles. The SMILES string of the molecule is CC(NC(=O)C[C@@H]1C[C@H]1c1nc2ccccc2[nH]1)C(=O)NCc1ccc(C(F)(F)F)nc1. The van der Waals surface area contributed by atoms with Gasteiger partial charge in [-0.25, -0.2) is 4.98 Å². The molecule has 1 aliphatic rings. The molecule has 3 N–H and O–H groups in total. The Morgan fingerprint density at radius 1 is 1.22 bits per heavy atom. The highest BCUT2D eigenvalue weighted by Crippen LogP contribution is 2.48. The molecule has 1 unspecified atom stereocenters. The van der Waals surface area contributed by atoms with E-state index >= 15 is 0 Å². The zero-order valence-electron chi connectivity index (χ0n) is 17.2. The Morgan fingerprint density at radius 3 is 2.69 bits per heavy atom. The summed E-state index contributed by atoms with van der Waals surface area (Å²) in [5.74, 6) is 0.587. The summed E-state index contributed by atoms with van der Waals surface area (Å²) in [5.41, 5.74) is 1.29. The van der Waals surface area contributed by atoms with Crippen molar-refractivity contribution < 1.29 is 22.8 Å². The van der Waals surface area contributed by atoms with Gasteiger partial charge < -0.3 is 15.6 Å². The van der Waals surface area contributed by atoms with Crippen LogP contribution in [0, 0.1) is 5.92 Å². The summed E-state index contributed by atoms with van der Waals surface area (Å²) in [4.78, 5) is 35.8. The van der Waals surface area contributed by atoms with Gasteiger partial charge in [0.15, 0.2) is 0 Å². The van der Waals surface area contributed by atoms with Crippen LogP contribution in [0.25, 0.3) is 11.0 Å². The largest absolute Gasteiger partial charge is 0.433 e. The summed E-state index contributed by atoms with van der Waals surface area (Å²) in [6.45, 7) is 1.57. The van der Waals surface area contributed by atoms with Gasteiger partial charge in [0, 0.05) is 25.1 Å². The highest BCUT2D eigenvalue weighted by atomic mass is 19.4. The summed E-state index contributed by atoms with van der Waals surface area (Å²) in [7, 11) is 0. The highest BCUT2D eigenvalue weighted by Gasteiger charge is 2.42. The van der Waals surface area contributed by atoms with E-state index in [0.29, 0.717) is 12.0 Å². The standard InChI is InChI=1S/C22H22F3N5O2/c1-12(21(32)27-11-13-6-7-18(26-10-13)22(23,24)25)28-19(31)9-14-8-15(14)20-29-16-4-2-3-5-17(16)30-20/h2-7,10,12,14-15H,8-9,11H2,1H3,(H,27,32)(H,28,31)(H,29,30)/t12?,14-,15+/m0/s1. The minimum Gasteiger partial charge on any atom is -0.350 e. The summed E-state index contributed by atoms with van der Waals surface area (Å²) < 4.78 is 37.6. The van der Waals surface area contributed by atoms with Crippen molar-refractivity contribution in [2.75, 3.05) is 0 Å². The van der Waals surface area contributed by atoms with Crippen molar-refractivity contribution in [1.82, 2.24) is 25.6 Å². The van der Waals surface area contributed by atoms with Crippen LogP contribution in [0.1, 0.15) is 42.8 Å². The molecular weight excluding hydrogens is 423 g/mol. The first kappa shape index (κ1) is 21.8. The lowest BCUT2D eigenvalue weighted by Gasteiger charge is -2.14. The summed E-state index contributed by atoms with van der Waals surface area (Å²) in [6, 6.07) is 9.09. The van der Waals surface area contributed by atoms with Gasteiger partial charge in [-0.1, -0.05) is 18.2 Å². The zero-order valence-corrected chi connectivity index (χ0v) is 17.2. The van der Waals surface area contributed by atoms with E-state index in [-0.39, 0.29) is 24.3 Å². The van der Waals surface area contributed by atoms with Gasteiger partial charge >= 0.3 is 6.18 Å². The van der Waals surface area contributed by atoms with Crippen LogP contribution in [0.5, 0.6) is 0 Å². The molecule has 1 fully saturated rings. The van der Waals surface area contributed by atoms with Crippen LogP contribution in [0.2, 0.25) is 0 Å². The summed E-state index contributed by atoms with van der Waals surface area (Å²) in [6.07, 6.45) is -2.29. The molecule has 3 aromatic rings. The molecule has 168 valence electrons. The van der Waals surface area contributed by atoms with Crippen LogP contribution in [-0.4, -0.2) is 32.8 Å². The van der Waals surface area contributed by atoms with Gasteiger partial charge in [-0.15, -0.1) is 0 Å². The molecule has 1 saturated carbocycles. The van der Waals surface area contributed by atoms with Crippen LogP contribution < -0.4 is 10.6 Å². The van der Waals surface area contributed by atoms with Gasteiger partial charge in [0.25, 0.3) is 0 Å². The van der Waals surface area contributed by atoms with E-state index < -0.39 is 23.8 Å². The number of halogens is 3. The fraction of sp³-hybridized carbons (Fsp3) is 0.364. The Balaban J connectivity index is 1.22. The first-order valence-corrected chi connectivity index (χ1v) is 10.2.